The number of nitrogens with zero attached hydrogens (tertiary/aromatic N) is 2. The van der Waals surface area contributed by atoms with Crippen molar-refractivity contribution in [3.05, 3.63) is 47.4 Å². The number of aromatic carboxylic acids is 1. The van der Waals surface area contributed by atoms with Gasteiger partial charge in [-0.25, -0.2) is 9.78 Å². The monoisotopic (exact) mass is 234 g/mol. The number of rotatable bonds is 2. The molecule has 80 valence electrons. The molecule has 0 aliphatic rings. The van der Waals surface area contributed by atoms with Gasteiger partial charge in [0.2, 0.25) is 0 Å². The van der Waals surface area contributed by atoms with Crippen LogP contribution in [0.1, 0.15) is 10.5 Å². The number of carboxylic acid groups (broad SMARTS) is 1. The van der Waals surface area contributed by atoms with E-state index in [0.717, 1.165) is 5.56 Å². The van der Waals surface area contributed by atoms with Crippen LogP contribution in [0.15, 0.2) is 36.7 Å². The molecule has 2 aromatic heterocycles. The highest BCUT2D eigenvalue weighted by atomic mass is 35.5. The lowest BCUT2D eigenvalue weighted by molar-refractivity contribution is 0.0691. The van der Waals surface area contributed by atoms with Gasteiger partial charge in [0.25, 0.3) is 0 Å². The third kappa shape index (κ3) is 2.01. The van der Waals surface area contributed by atoms with E-state index in [-0.39, 0.29) is 10.7 Å². The second-order valence-corrected chi connectivity index (χ2v) is 3.48. The van der Waals surface area contributed by atoms with Crippen molar-refractivity contribution in [2.24, 2.45) is 0 Å². The molecule has 2 rings (SSSR count). The number of aromatic nitrogens is 2. The van der Waals surface area contributed by atoms with Crippen LogP contribution in [-0.2, 0) is 0 Å². The molecule has 2 aromatic rings. The SMILES string of the molecule is O=C(O)c1nc(-c2ccncc2)ccc1Cl. The average Bonchev–Trinajstić information content (AvgIpc) is 2.30. The molecule has 0 amide bonds. The minimum absolute atomic E-state index is 0.130. The van der Waals surface area contributed by atoms with Crippen molar-refractivity contribution < 1.29 is 9.90 Å². The Morgan fingerprint density at radius 1 is 1.19 bits per heavy atom. The summed E-state index contributed by atoms with van der Waals surface area (Å²) >= 11 is 5.72. The summed E-state index contributed by atoms with van der Waals surface area (Å²) < 4.78 is 0. The largest absolute Gasteiger partial charge is 0.476 e. The lowest BCUT2D eigenvalue weighted by atomic mass is 10.1. The van der Waals surface area contributed by atoms with Gasteiger partial charge in [-0.2, -0.15) is 0 Å². The zero-order chi connectivity index (χ0) is 11.5. The number of hydrogen-bond donors (Lipinski definition) is 1. The first-order valence-electron chi connectivity index (χ1n) is 4.49. The Bertz CT molecular complexity index is 529. The Morgan fingerprint density at radius 3 is 2.50 bits per heavy atom. The Labute approximate surface area is 96.6 Å². The average molecular weight is 235 g/mol. The highest BCUT2D eigenvalue weighted by Gasteiger charge is 2.11. The first-order chi connectivity index (χ1) is 7.68. The maximum atomic E-state index is 10.8. The van der Waals surface area contributed by atoms with Gasteiger partial charge in [0.15, 0.2) is 5.69 Å². The Hall–Kier alpha value is -1.94. The number of carbonyl (C=O) groups is 1. The highest BCUT2D eigenvalue weighted by Crippen LogP contribution is 2.21. The summed E-state index contributed by atoms with van der Waals surface area (Å²) in [5.41, 5.74) is 1.22. The molecule has 0 aliphatic heterocycles. The van der Waals surface area contributed by atoms with Crippen LogP contribution in [-0.4, -0.2) is 21.0 Å². The molecule has 0 spiro atoms. The molecule has 5 heteroatoms. The molecule has 0 saturated heterocycles. The molecule has 0 saturated carbocycles. The lowest BCUT2D eigenvalue weighted by Crippen LogP contribution is -2.02. The van der Waals surface area contributed by atoms with Crippen LogP contribution in [0.3, 0.4) is 0 Å². The predicted molar refractivity (Wildman–Crippen MR) is 59.4 cm³/mol. The van der Waals surface area contributed by atoms with Gasteiger partial charge >= 0.3 is 5.97 Å². The van der Waals surface area contributed by atoms with Crippen LogP contribution in [0.5, 0.6) is 0 Å². The fraction of sp³-hybridized carbons (Fsp3) is 0. The van der Waals surface area contributed by atoms with Crippen LogP contribution < -0.4 is 0 Å². The van der Waals surface area contributed by atoms with Crippen molar-refractivity contribution in [1.29, 1.82) is 0 Å². The van der Waals surface area contributed by atoms with E-state index in [1.807, 2.05) is 0 Å². The standard InChI is InChI=1S/C11H7ClN2O2/c12-8-1-2-9(14-10(8)11(15)16)7-3-5-13-6-4-7/h1-6H,(H,15,16). The molecule has 0 bridgehead atoms. The summed E-state index contributed by atoms with van der Waals surface area (Å²) in [4.78, 5) is 18.7. The quantitative estimate of drug-likeness (QED) is 0.867. The smallest absolute Gasteiger partial charge is 0.356 e. The maximum absolute atomic E-state index is 10.8. The van der Waals surface area contributed by atoms with Crippen molar-refractivity contribution >= 4 is 17.6 Å². The van der Waals surface area contributed by atoms with Gasteiger partial charge in [-0.3, -0.25) is 4.98 Å². The molecular weight excluding hydrogens is 228 g/mol. The van der Waals surface area contributed by atoms with Crippen molar-refractivity contribution in [2.75, 3.05) is 0 Å². The van der Waals surface area contributed by atoms with Crippen LogP contribution in [0.2, 0.25) is 5.02 Å². The topological polar surface area (TPSA) is 63.1 Å². The first-order valence-corrected chi connectivity index (χ1v) is 4.86. The number of halogens is 1. The Kier molecular flexibility index (Phi) is 2.83. The molecule has 2 heterocycles. The molecular formula is C11H7ClN2O2. The minimum atomic E-state index is -1.14. The summed E-state index contributed by atoms with van der Waals surface area (Å²) in [5, 5.41) is 9.01. The second kappa shape index (κ2) is 4.28. The van der Waals surface area contributed by atoms with Crippen LogP contribution in [0.4, 0.5) is 0 Å². The van der Waals surface area contributed by atoms with Gasteiger partial charge in [0, 0.05) is 18.0 Å². The van der Waals surface area contributed by atoms with Gasteiger partial charge in [-0.15, -0.1) is 0 Å². The van der Waals surface area contributed by atoms with E-state index in [0.29, 0.717) is 5.69 Å². The highest BCUT2D eigenvalue weighted by molar-refractivity contribution is 6.33. The van der Waals surface area contributed by atoms with E-state index in [1.54, 1.807) is 30.6 Å². The third-order valence-corrected chi connectivity index (χ3v) is 2.33. The van der Waals surface area contributed by atoms with Crippen LogP contribution in [0.25, 0.3) is 11.3 Å². The zero-order valence-corrected chi connectivity index (χ0v) is 8.85. The summed E-state index contributed by atoms with van der Waals surface area (Å²) in [6.07, 6.45) is 3.23. The van der Waals surface area contributed by atoms with Gasteiger partial charge in [-0.1, -0.05) is 11.6 Å². The first kappa shape index (κ1) is 10.6. The number of hydrogen-bond acceptors (Lipinski definition) is 3. The Balaban J connectivity index is 2.52. The van der Waals surface area contributed by atoms with E-state index in [1.165, 1.54) is 6.07 Å². The molecule has 0 aromatic carbocycles. The fourth-order valence-electron chi connectivity index (χ4n) is 1.28. The van der Waals surface area contributed by atoms with Crippen molar-refractivity contribution in [3.63, 3.8) is 0 Å². The Morgan fingerprint density at radius 2 is 1.88 bits per heavy atom. The maximum Gasteiger partial charge on any atom is 0.356 e. The molecule has 0 atom stereocenters. The van der Waals surface area contributed by atoms with Gasteiger partial charge in [0.1, 0.15) is 0 Å². The molecule has 0 unspecified atom stereocenters. The molecule has 4 nitrogen and oxygen atoms in total. The molecule has 0 fully saturated rings. The molecule has 1 N–H and O–H groups in total. The number of carboxylic acids is 1. The fourth-order valence-corrected chi connectivity index (χ4v) is 1.46. The van der Waals surface area contributed by atoms with E-state index in [2.05, 4.69) is 9.97 Å². The zero-order valence-electron chi connectivity index (χ0n) is 8.09. The summed E-state index contributed by atoms with van der Waals surface area (Å²) in [6, 6.07) is 6.70. The predicted octanol–water partition coefficient (Wildman–Crippen LogP) is 2.50. The van der Waals surface area contributed by atoms with Crippen molar-refractivity contribution in [3.8, 4) is 11.3 Å². The minimum Gasteiger partial charge on any atom is -0.476 e. The summed E-state index contributed by atoms with van der Waals surface area (Å²) in [5.74, 6) is -1.14. The van der Waals surface area contributed by atoms with Crippen LogP contribution >= 0.6 is 11.6 Å². The third-order valence-electron chi connectivity index (χ3n) is 2.02. The second-order valence-electron chi connectivity index (χ2n) is 3.07. The van der Waals surface area contributed by atoms with Gasteiger partial charge in [0.05, 0.1) is 10.7 Å². The van der Waals surface area contributed by atoms with Crippen molar-refractivity contribution in [2.45, 2.75) is 0 Å². The van der Waals surface area contributed by atoms with E-state index in [9.17, 15) is 4.79 Å². The van der Waals surface area contributed by atoms with Crippen LogP contribution in [0, 0.1) is 0 Å². The van der Waals surface area contributed by atoms with Crippen molar-refractivity contribution in [1.82, 2.24) is 9.97 Å². The lowest BCUT2D eigenvalue weighted by Gasteiger charge is -2.03. The summed E-state index contributed by atoms with van der Waals surface area (Å²) in [6.45, 7) is 0. The molecule has 0 aliphatic carbocycles. The van der Waals surface area contributed by atoms with E-state index < -0.39 is 5.97 Å². The normalized spacial score (nSPS) is 10.1. The number of pyridine rings is 2. The summed E-state index contributed by atoms with van der Waals surface area (Å²) in [7, 11) is 0. The van der Waals surface area contributed by atoms with Gasteiger partial charge < -0.3 is 5.11 Å². The van der Waals surface area contributed by atoms with Gasteiger partial charge in [-0.05, 0) is 24.3 Å². The molecule has 16 heavy (non-hydrogen) atoms. The van der Waals surface area contributed by atoms with E-state index in [4.69, 9.17) is 16.7 Å². The van der Waals surface area contributed by atoms with E-state index >= 15 is 0 Å². The molecule has 0 radical (unpaired) electrons.